The van der Waals surface area contributed by atoms with Crippen LogP contribution in [0, 0.1) is 0 Å². The van der Waals surface area contributed by atoms with Crippen LogP contribution in [-0.4, -0.2) is 47.7 Å². The number of aliphatic hydroxyl groups excluding tert-OH is 2. The molecule has 2 aromatic carbocycles. The molecule has 1 atom stereocenters. The molecule has 2 aromatic rings. The summed E-state index contributed by atoms with van der Waals surface area (Å²) >= 11 is 0. The average Bonchev–Trinajstić information content (AvgIpc) is 2.80. The number of benzene rings is 2. The summed E-state index contributed by atoms with van der Waals surface area (Å²) in [4.78, 5) is 10.9. The highest BCUT2D eigenvalue weighted by atomic mass is 19.3. The number of halogens is 2. The molecule has 2 rings (SSSR count). The molecule has 0 bridgehead atoms. The highest BCUT2D eigenvalue weighted by Crippen LogP contribution is 2.30. The molecule has 8 nitrogen and oxygen atoms in total. The average molecular weight is 482 g/mol. The van der Waals surface area contributed by atoms with Gasteiger partial charge in [0.05, 0.1) is 12.7 Å². The minimum absolute atomic E-state index is 0.00851. The lowest BCUT2D eigenvalue weighted by molar-refractivity contribution is -0.0831. The summed E-state index contributed by atoms with van der Waals surface area (Å²) in [5.41, 5.74) is 5.92. The molecule has 2 amide bonds. The topological polar surface area (TPSA) is 137 Å². The van der Waals surface area contributed by atoms with Crippen molar-refractivity contribution in [2.45, 2.75) is 44.3 Å². The molecule has 0 saturated carbocycles. The molecule has 0 unspecified atom stereocenters. The lowest BCUT2D eigenvalue weighted by atomic mass is 10.1. The summed E-state index contributed by atoms with van der Waals surface area (Å²) in [7, 11) is 0. The molecule has 0 heterocycles. The Labute approximate surface area is 197 Å². The standard InChI is InChI=1S/C24H33F2N3O5/c25-24(26,19-6-5-7-20(13-19)29-23(27)33)16-34-11-4-2-1-3-10-28-14-22(32)17-8-9-21(31)18(12-17)15-30/h5-9,12-13,22,28,30-32H,1-4,10-11,14-16H2,(H3,27,29,33)/t22-/m1/s1. The molecular formula is C24H33F2N3O5. The number of primary amides is 1. The Bertz CT molecular complexity index is 914. The Kier molecular flexibility index (Phi) is 11.1. The van der Waals surface area contributed by atoms with Crippen LogP contribution >= 0.6 is 0 Å². The smallest absolute Gasteiger partial charge is 0.316 e. The van der Waals surface area contributed by atoms with E-state index in [1.165, 1.54) is 30.3 Å². The van der Waals surface area contributed by atoms with Gasteiger partial charge in [-0.25, -0.2) is 4.79 Å². The van der Waals surface area contributed by atoms with Gasteiger partial charge in [-0.1, -0.05) is 31.0 Å². The summed E-state index contributed by atoms with van der Waals surface area (Å²) < 4.78 is 33.8. The van der Waals surface area contributed by atoms with Crippen molar-refractivity contribution in [2.75, 3.05) is 31.6 Å². The van der Waals surface area contributed by atoms with Crippen molar-refractivity contribution in [2.24, 2.45) is 5.73 Å². The molecule has 188 valence electrons. The number of amides is 2. The first-order valence-electron chi connectivity index (χ1n) is 11.2. The van der Waals surface area contributed by atoms with Crippen molar-refractivity contribution >= 4 is 11.7 Å². The molecular weight excluding hydrogens is 448 g/mol. The number of aliphatic hydroxyl groups is 2. The number of urea groups is 1. The van der Waals surface area contributed by atoms with Crippen molar-refractivity contribution in [3.63, 3.8) is 0 Å². The predicted molar refractivity (Wildman–Crippen MR) is 125 cm³/mol. The van der Waals surface area contributed by atoms with Crippen LogP contribution in [0.5, 0.6) is 5.75 Å². The van der Waals surface area contributed by atoms with Crippen LogP contribution < -0.4 is 16.4 Å². The lowest BCUT2D eigenvalue weighted by Gasteiger charge is -2.18. The largest absolute Gasteiger partial charge is 0.508 e. The lowest BCUT2D eigenvalue weighted by Crippen LogP contribution is -2.23. The third-order valence-corrected chi connectivity index (χ3v) is 5.22. The number of alkyl halides is 2. The van der Waals surface area contributed by atoms with Crippen LogP contribution in [0.15, 0.2) is 42.5 Å². The normalized spacial score (nSPS) is 12.5. The second kappa shape index (κ2) is 13.8. The number of rotatable bonds is 15. The van der Waals surface area contributed by atoms with Gasteiger partial charge in [0.15, 0.2) is 0 Å². The zero-order valence-corrected chi connectivity index (χ0v) is 19.0. The van der Waals surface area contributed by atoms with E-state index >= 15 is 0 Å². The van der Waals surface area contributed by atoms with Crippen LogP contribution in [0.4, 0.5) is 19.3 Å². The first-order chi connectivity index (χ1) is 16.2. The number of nitrogens with one attached hydrogen (secondary N) is 2. The van der Waals surface area contributed by atoms with Gasteiger partial charge < -0.3 is 36.4 Å². The third kappa shape index (κ3) is 9.22. The van der Waals surface area contributed by atoms with E-state index in [4.69, 9.17) is 10.5 Å². The molecule has 10 heteroatoms. The molecule has 34 heavy (non-hydrogen) atoms. The molecule has 0 aliphatic heterocycles. The van der Waals surface area contributed by atoms with Gasteiger partial charge in [-0.05, 0) is 49.2 Å². The Morgan fingerprint density at radius 2 is 1.88 bits per heavy atom. The molecule has 7 N–H and O–H groups in total. The highest BCUT2D eigenvalue weighted by molar-refractivity contribution is 5.87. The summed E-state index contributed by atoms with van der Waals surface area (Å²) in [6.07, 6.45) is 2.47. The highest BCUT2D eigenvalue weighted by Gasteiger charge is 2.32. The van der Waals surface area contributed by atoms with Gasteiger partial charge in [0, 0.05) is 30.0 Å². The minimum Gasteiger partial charge on any atom is -0.508 e. The Balaban J connectivity index is 1.56. The molecule has 0 aliphatic carbocycles. The molecule has 0 saturated heterocycles. The van der Waals surface area contributed by atoms with Gasteiger partial charge in [-0.3, -0.25) is 0 Å². The van der Waals surface area contributed by atoms with Gasteiger partial charge in [0.2, 0.25) is 0 Å². The van der Waals surface area contributed by atoms with E-state index in [0.29, 0.717) is 30.6 Å². The van der Waals surface area contributed by atoms with E-state index in [2.05, 4.69) is 10.6 Å². The summed E-state index contributed by atoms with van der Waals surface area (Å²) in [5.74, 6) is -3.19. The van der Waals surface area contributed by atoms with Gasteiger partial charge >= 0.3 is 6.03 Å². The van der Waals surface area contributed by atoms with E-state index in [1.807, 2.05) is 0 Å². The number of carbonyl (C=O) groups excluding carboxylic acids is 1. The first kappa shape index (κ1) is 27.5. The molecule has 0 aliphatic rings. The first-order valence-corrected chi connectivity index (χ1v) is 11.2. The Morgan fingerprint density at radius 3 is 2.62 bits per heavy atom. The number of aromatic hydroxyl groups is 1. The van der Waals surface area contributed by atoms with E-state index in [0.717, 1.165) is 19.3 Å². The van der Waals surface area contributed by atoms with E-state index in [1.54, 1.807) is 12.1 Å². The maximum atomic E-state index is 14.3. The summed E-state index contributed by atoms with van der Waals surface area (Å²) in [6, 6.07) is 9.13. The van der Waals surface area contributed by atoms with E-state index in [-0.39, 0.29) is 30.2 Å². The van der Waals surface area contributed by atoms with Crippen LogP contribution in [0.1, 0.15) is 48.5 Å². The fourth-order valence-electron chi connectivity index (χ4n) is 3.35. The van der Waals surface area contributed by atoms with Crippen molar-refractivity contribution in [1.29, 1.82) is 0 Å². The number of anilines is 1. The van der Waals surface area contributed by atoms with Gasteiger partial charge in [-0.15, -0.1) is 0 Å². The monoisotopic (exact) mass is 481 g/mol. The number of hydrogen-bond donors (Lipinski definition) is 6. The molecule has 0 fully saturated rings. The zero-order chi connectivity index (χ0) is 25.0. The van der Waals surface area contributed by atoms with Gasteiger partial charge in [-0.2, -0.15) is 8.78 Å². The second-order valence-corrected chi connectivity index (χ2v) is 8.01. The third-order valence-electron chi connectivity index (χ3n) is 5.22. The van der Waals surface area contributed by atoms with Gasteiger partial charge in [0.25, 0.3) is 5.92 Å². The zero-order valence-electron chi connectivity index (χ0n) is 19.0. The number of ether oxygens (including phenoxy) is 1. The maximum absolute atomic E-state index is 14.3. The van der Waals surface area contributed by atoms with Crippen LogP contribution in [0.25, 0.3) is 0 Å². The van der Waals surface area contributed by atoms with Crippen LogP contribution in [0.3, 0.4) is 0 Å². The minimum atomic E-state index is -3.18. The molecule has 0 aromatic heterocycles. The summed E-state index contributed by atoms with van der Waals surface area (Å²) in [6.45, 7) is 0.195. The number of unbranched alkanes of at least 4 members (excludes halogenated alkanes) is 3. The van der Waals surface area contributed by atoms with Crippen LogP contribution in [-0.2, 0) is 17.3 Å². The van der Waals surface area contributed by atoms with Crippen molar-refractivity contribution in [1.82, 2.24) is 5.32 Å². The predicted octanol–water partition coefficient (Wildman–Crippen LogP) is 3.37. The summed E-state index contributed by atoms with van der Waals surface area (Å²) in [5, 5.41) is 34.4. The van der Waals surface area contributed by atoms with E-state index in [9.17, 15) is 28.9 Å². The number of nitrogens with two attached hydrogens (primary N) is 1. The van der Waals surface area contributed by atoms with Gasteiger partial charge in [0.1, 0.15) is 12.4 Å². The van der Waals surface area contributed by atoms with E-state index < -0.39 is 24.7 Å². The molecule has 0 radical (unpaired) electrons. The fraction of sp³-hybridized carbons (Fsp3) is 0.458. The van der Waals surface area contributed by atoms with Crippen molar-refractivity contribution in [3.05, 3.63) is 59.2 Å². The van der Waals surface area contributed by atoms with Crippen LogP contribution in [0.2, 0.25) is 0 Å². The Hall–Kier alpha value is -2.79. The van der Waals surface area contributed by atoms with Crippen molar-refractivity contribution < 1.29 is 33.6 Å². The molecule has 0 spiro atoms. The van der Waals surface area contributed by atoms with Crippen molar-refractivity contribution in [3.8, 4) is 5.75 Å². The maximum Gasteiger partial charge on any atom is 0.316 e. The SMILES string of the molecule is NC(=O)Nc1cccc(C(F)(F)COCCCCCCNC[C@@H](O)c2ccc(O)c(CO)c2)c1. The second-order valence-electron chi connectivity index (χ2n) is 8.01. The Morgan fingerprint density at radius 1 is 1.12 bits per heavy atom. The number of hydrogen-bond acceptors (Lipinski definition) is 6. The quantitative estimate of drug-likeness (QED) is 0.216. The number of phenols is 1. The fourth-order valence-corrected chi connectivity index (χ4v) is 3.35. The number of carbonyl (C=O) groups is 1.